The van der Waals surface area contributed by atoms with Gasteiger partial charge >= 0.3 is 0 Å². The van der Waals surface area contributed by atoms with Crippen LogP contribution in [0.4, 0.5) is 0 Å². The second-order valence-electron chi connectivity index (χ2n) is 4.08. The van der Waals surface area contributed by atoms with E-state index in [0.29, 0.717) is 9.45 Å². The predicted octanol–water partition coefficient (Wildman–Crippen LogP) is 2.48. The van der Waals surface area contributed by atoms with E-state index < -0.39 is 0 Å². The minimum Gasteiger partial charge on any atom is -0.473 e. The molecule has 1 heterocycles. The van der Waals surface area contributed by atoms with Crippen molar-refractivity contribution in [2.24, 2.45) is 0 Å². The molecule has 5 heteroatoms. The van der Waals surface area contributed by atoms with Crippen molar-refractivity contribution < 1.29 is 4.74 Å². The third kappa shape index (κ3) is 2.96. The third-order valence-electron chi connectivity index (χ3n) is 2.85. The molecule has 0 saturated heterocycles. The molecule has 1 aliphatic rings. The van der Waals surface area contributed by atoms with Gasteiger partial charge in [-0.1, -0.05) is 12.8 Å². The van der Waals surface area contributed by atoms with Gasteiger partial charge in [-0.25, -0.2) is 4.98 Å². The van der Waals surface area contributed by atoms with E-state index in [1.165, 1.54) is 32.0 Å². The summed E-state index contributed by atoms with van der Waals surface area (Å²) in [5.74, 6) is 0.483. The van der Waals surface area contributed by atoms with Crippen molar-refractivity contribution >= 4 is 22.6 Å². The predicted molar refractivity (Wildman–Crippen MR) is 69.7 cm³/mol. The zero-order chi connectivity index (χ0) is 11.4. The molecule has 1 aromatic rings. The molecule has 1 fully saturated rings. The summed E-state index contributed by atoms with van der Waals surface area (Å²) >= 11 is 1.98. The van der Waals surface area contributed by atoms with Crippen LogP contribution in [-0.4, -0.2) is 16.1 Å². The number of rotatable bonds is 2. The van der Waals surface area contributed by atoms with Crippen molar-refractivity contribution in [2.45, 2.75) is 44.6 Å². The SMILES string of the molecule is O=c1[nH]cnc(OC2CCCCCC2)c1I. The first-order chi connectivity index (χ1) is 7.77. The number of hydrogen-bond acceptors (Lipinski definition) is 3. The molecule has 0 unspecified atom stereocenters. The Morgan fingerprint density at radius 2 is 2.00 bits per heavy atom. The summed E-state index contributed by atoms with van der Waals surface area (Å²) in [6, 6.07) is 0. The first kappa shape index (κ1) is 11.9. The van der Waals surface area contributed by atoms with Crippen molar-refractivity contribution in [3.8, 4) is 5.88 Å². The van der Waals surface area contributed by atoms with Crippen molar-refractivity contribution in [1.29, 1.82) is 0 Å². The molecule has 1 aliphatic carbocycles. The van der Waals surface area contributed by atoms with E-state index in [1.54, 1.807) is 0 Å². The van der Waals surface area contributed by atoms with Gasteiger partial charge in [-0.15, -0.1) is 0 Å². The minimum atomic E-state index is -0.126. The van der Waals surface area contributed by atoms with E-state index in [4.69, 9.17) is 4.74 Å². The first-order valence-corrected chi connectivity index (χ1v) is 6.75. The maximum Gasteiger partial charge on any atom is 0.268 e. The van der Waals surface area contributed by atoms with Gasteiger partial charge in [-0.2, -0.15) is 0 Å². The Morgan fingerprint density at radius 1 is 1.31 bits per heavy atom. The van der Waals surface area contributed by atoms with Crippen molar-refractivity contribution in [2.75, 3.05) is 0 Å². The molecule has 0 bridgehead atoms. The smallest absolute Gasteiger partial charge is 0.268 e. The topological polar surface area (TPSA) is 55.0 Å². The summed E-state index contributed by atoms with van der Waals surface area (Å²) in [5.41, 5.74) is -0.126. The number of ether oxygens (including phenoxy) is 1. The van der Waals surface area contributed by atoms with Gasteiger partial charge in [-0.3, -0.25) is 4.79 Å². The summed E-state index contributed by atoms with van der Waals surface area (Å²) in [5, 5.41) is 0. The number of aromatic amines is 1. The highest BCUT2D eigenvalue weighted by atomic mass is 127. The quantitative estimate of drug-likeness (QED) is 0.668. The number of nitrogens with zero attached hydrogens (tertiary/aromatic N) is 1. The van der Waals surface area contributed by atoms with Gasteiger partial charge in [-0.05, 0) is 48.3 Å². The molecule has 0 atom stereocenters. The average Bonchev–Trinajstić information content (AvgIpc) is 2.53. The van der Waals surface area contributed by atoms with Crippen LogP contribution in [0.15, 0.2) is 11.1 Å². The maximum atomic E-state index is 11.4. The monoisotopic (exact) mass is 334 g/mol. The molecule has 0 aliphatic heterocycles. The van der Waals surface area contributed by atoms with E-state index in [0.717, 1.165) is 12.8 Å². The summed E-state index contributed by atoms with van der Waals surface area (Å²) in [7, 11) is 0. The molecule has 0 amide bonds. The molecule has 0 spiro atoms. The second-order valence-corrected chi connectivity index (χ2v) is 5.16. The summed E-state index contributed by atoms with van der Waals surface area (Å²) in [6.07, 6.45) is 8.78. The Bertz CT molecular complexity index is 397. The maximum absolute atomic E-state index is 11.4. The summed E-state index contributed by atoms with van der Waals surface area (Å²) < 4.78 is 6.35. The fraction of sp³-hybridized carbons (Fsp3) is 0.636. The minimum absolute atomic E-state index is 0.126. The van der Waals surface area contributed by atoms with Crippen LogP contribution in [-0.2, 0) is 0 Å². The van der Waals surface area contributed by atoms with Crippen LogP contribution in [0.25, 0.3) is 0 Å². The zero-order valence-corrected chi connectivity index (χ0v) is 11.2. The molecule has 1 aromatic heterocycles. The van der Waals surface area contributed by atoms with Gasteiger partial charge in [0, 0.05) is 0 Å². The molecule has 2 rings (SSSR count). The van der Waals surface area contributed by atoms with Crippen LogP contribution in [0.2, 0.25) is 0 Å². The third-order valence-corrected chi connectivity index (χ3v) is 3.80. The number of H-pyrrole nitrogens is 1. The highest BCUT2D eigenvalue weighted by Crippen LogP contribution is 2.22. The molecular weight excluding hydrogens is 319 g/mol. The van der Waals surface area contributed by atoms with Gasteiger partial charge in [0.2, 0.25) is 5.88 Å². The van der Waals surface area contributed by atoms with E-state index in [1.807, 2.05) is 22.6 Å². The van der Waals surface area contributed by atoms with Crippen LogP contribution < -0.4 is 10.3 Å². The van der Waals surface area contributed by atoms with E-state index in [9.17, 15) is 4.79 Å². The molecular formula is C11H15IN2O2. The first-order valence-electron chi connectivity index (χ1n) is 5.67. The number of aromatic nitrogens is 2. The molecule has 0 aromatic carbocycles. The standard InChI is InChI=1S/C11H15IN2O2/c12-9-10(15)13-7-14-11(9)16-8-5-3-1-2-4-6-8/h7-8H,1-6H2,(H,13,14,15). The molecule has 1 N–H and O–H groups in total. The molecule has 0 radical (unpaired) electrons. The van der Waals surface area contributed by atoms with Gasteiger partial charge in [0.05, 0.1) is 6.33 Å². The van der Waals surface area contributed by atoms with Gasteiger partial charge in [0.25, 0.3) is 5.56 Å². The van der Waals surface area contributed by atoms with Gasteiger partial charge in [0.15, 0.2) is 0 Å². The Hall–Kier alpha value is -0.590. The van der Waals surface area contributed by atoms with Crippen molar-refractivity contribution in [3.05, 3.63) is 20.3 Å². The summed E-state index contributed by atoms with van der Waals surface area (Å²) in [6.45, 7) is 0. The Labute approximate surface area is 108 Å². The molecule has 1 saturated carbocycles. The second kappa shape index (κ2) is 5.65. The Morgan fingerprint density at radius 3 is 2.69 bits per heavy atom. The van der Waals surface area contributed by atoms with E-state index in [-0.39, 0.29) is 11.7 Å². The normalized spacial score (nSPS) is 18.1. The highest BCUT2D eigenvalue weighted by molar-refractivity contribution is 14.1. The Kier molecular flexibility index (Phi) is 4.20. The van der Waals surface area contributed by atoms with Crippen LogP contribution in [0.1, 0.15) is 38.5 Å². The Balaban J connectivity index is 2.07. The fourth-order valence-corrected chi connectivity index (χ4v) is 2.39. The zero-order valence-electron chi connectivity index (χ0n) is 9.04. The molecule has 16 heavy (non-hydrogen) atoms. The summed E-state index contributed by atoms with van der Waals surface area (Å²) in [4.78, 5) is 18.0. The number of hydrogen-bond donors (Lipinski definition) is 1. The van der Waals surface area contributed by atoms with Crippen LogP contribution in [0.3, 0.4) is 0 Å². The van der Waals surface area contributed by atoms with E-state index >= 15 is 0 Å². The lowest BCUT2D eigenvalue weighted by molar-refractivity contribution is 0.174. The van der Waals surface area contributed by atoms with Gasteiger partial charge < -0.3 is 9.72 Å². The molecule has 88 valence electrons. The van der Waals surface area contributed by atoms with Crippen molar-refractivity contribution in [1.82, 2.24) is 9.97 Å². The lowest BCUT2D eigenvalue weighted by atomic mass is 10.1. The van der Waals surface area contributed by atoms with Crippen LogP contribution >= 0.6 is 22.6 Å². The fourth-order valence-electron chi connectivity index (χ4n) is 1.97. The highest BCUT2D eigenvalue weighted by Gasteiger charge is 2.16. The van der Waals surface area contributed by atoms with E-state index in [2.05, 4.69) is 9.97 Å². The number of nitrogens with one attached hydrogen (secondary N) is 1. The number of halogens is 1. The lowest BCUT2D eigenvalue weighted by Crippen LogP contribution is -2.20. The van der Waals surface area contributed by atoms with Crippen LogP contribution in [0, 0.1) is 3.57 Å². The van der Waals surface area contributed by atoms with Crippen molar-refractivity contribution in [3.63, 3.8) is 0 Å². The largest absolute Gasteiger partial charge is 0.473 e. The molecule has 4 nitrogen and oxygen atoms in total. The van der Waals surface area contributed by atoms with Crippen LogP contribution in [0.5, 0.6) is 5.88 Å². The van der Waals surface area contributed by atoms with Gasteiger partial charge in [0.1, 0.15) is 9.67 Å². The average molecular weight is 334 g/mol. The lowest BCUT2D eigenvalue weighted by Gasteiger charge is -2.16.